The molecule has 5 nitrogen and oxygen atoms in total. The number of carboxylic acids is 1. The van der Waals surface area contributed by atoms with Crippen LogP contribution in [0.2, 0.25) is 0 Å². The van der Waals surface area contributed by atoms with Crippen LogP contribution in [-0.4, -0.2) is 21.0 Å². The minimum atomic E-state index is -1.14. The predicted octanol–water partition coefficient (Wildman–Crippen LogP) is 2.73. The molecule has 86 valence electrons. The second-order valence-electron chi connectivity index (χ2n) is 3.08. The summed E-state index contributed by atoms with van der Waals surface area (Å²) in [6.07, 6.45) is 2.51. The molecule has 0 amide bonds. The molecular weight excluding hydrogens is 288 g/mol. The van der Waals surface area contributed by atoms with E-state index in [1.807, 2.05) is 12.1 Å². The van der Waals surface area contributed by atoms with Crippen molar-refractivity contribution in [2.75, 3.05) is 0 Å². The Kier molecular flexibility index (Phi) is 3.34. The van der Waals surface area contributed by atoms with Gasteiger partial charge in [-0.3, -0.25) is 4.98 Å². The van der Waals surface area contributed by atoms with Gasteiger partial charge in [-0.25, -0.2) is 9.78 Å². The highest BCUT2D eigenvalue weighted by Crippen LogP contribution is 2.27. The molecule has 0 fully saturated rings. The number of nitrogens with zero attached hydrogens (tertiary/aromatic N) is 2. The Morgan fingerprint density at radius 2 is 2.06 bits per heavy atom. The average Bonchev–Trinajstić information content (AvgIpc) is 2.32. The molecule has 0 bridgehead atoms. The van der Waals surface area contributed by atoms with E-state index in [-0.39, 0.29) is 11.6 Å². The van der Waals surface area contributed by atoms with Crippen LogP contribution in [-0.2, 0) is 0 Å². The Hall–Kier alpha value is -1.95. The molecule has 0 spiro atoms. The van der Waals surface area contributed by atoms with Crippen LogP contribution in [0.1, 0.15) is 10.5 Å². The Bertz CT molecular complexity index is 560. The zero-order valence-corrected chi connectivity index (χ0v) is 10.1. The number of carboxylic acid groups (broad SMARTS) is 1. The molecular formula is C11H7BrN2O3. The molecule has 6 heteroatoms. The second kappa shape index (κ2) is 4.92. The Labute approximate surface area is 105 Å². The quantitative estimate of drug-likeness (QED) is 0.942. The second-order valence-corrected chi connectivity index (χ2v) is 3.93. The summed E-state index contributed by atoms with van der Waals surface area (Å²) >= 11 is 3.31. The molecule has 0 atom stereocenters. The van der Waals surface area contributed by atoms with Gasteiger partial charge in [-0.05, 0) is 28.1 Å². The van der Waals surface area contributed by atoms with Gasteiger partial charge in [0, 0.05) is 0 Å². The lowest BCUT2D eigenvalue weighted by atomic mass is 10.3. The summed E-state index contributed by atoms with van der Waals surface area (Å²) in [4.78, 5) is 18.3. The number of hydrogen-bond acceptors (Lipinski definition) is 4. The number of halogens is 1. The highest BCUT2D eigenvalue weighted by Gasteiger charge is 2.08. The van der Waals surface area contributed by atoms with Gasteiger partial charge in [0.05, 0.1) is 16.9 Å². The maximum absolute atomic E-state index is 10.7. The maximum Gasteiger partial charge on any atom is 0.356 e. The molecule has 2 aromatic rings. The monoisotopic (exact) mass is 294 g/mol. The number of carbonyl (C=O) groups is 1. The van der Waals surface area contributed by atoms with Crippen molar-refractivity contribution in [2.45, 2.75) is 0 Å². The summed E-state index contributed by atoms with van der Waals surface area (Å²) in [6.45, 7) is 0. The lowest BCUT2D eigenvalue weighted by Crippen LogP contribution is -2.02. The van der Waals surface area contributed by atoms with Crippen molar-refractivity contribution in [3.05, 3.63) is 46.8 Å². The molecule has 1 heterocycles. The van der Waals surface area contributed by atoms with Gasteiger partial charge in [-0.2, -0.15) is 0 Å². The van der Waals surface area contributed by atoms with Crippen LogP contribution in [0.5, 0.6) is 11.6 Å². The fourth-order valence-electron chi connectivity index (χ4n) is 1.14. The molecule has 0 saturated carbocycles. The molecule has 0 aliphatic rings. The van der Waals surface area contributed by atoms with Gasteiger partial charge in [-0.1, -0.05) is 12.1 Å². The van der Waals surface area contributed by atoms with Crippen LogP contribution in [0, 0.1) is 0 Å². The van der Waals surface area contributed by atoms with Gasteiger partial charge in [-0.15, -0.1) is 0 Å². The number of aromatic carboxylic acids is 1. The normalized spacial score (nSPS) is 9.94. The van der Waals surface area contributed by atoms with E-state index in [9.17, 15) is 4.79 Å². The summed E-state index contributed by atoms with van der Waals surface area (Å²) < 4.78 is 6.17. The smallest absolute Gasteiger partial charge is 0.356 e. The summed E-state index contributed by atoms with van der Waals surface area (Å²) in [7, 11) is 0. The van der Waals surface area contributed by atoms with E-state index in [2.05, 4.69) is 25.9 Å². The van der Waals surface area contributed by atoms with Gasteiger partial charge in [0.2, 0.25) is 5.88 Å². The van der Waals surface area contributed by atoms with E-state index in [1.165, 1.54) is 6.20 Å². The SMILES string of the molecule is O=C(O)c1cncc(Oc2ccccc2Br)n1. The minimum absolute atomic E-state index is 0.136. The molecule has 0 aliphatic heterocycles. The van der Waals surface area contributed by atoms with Gasteiger partial charge in [0.1, 0.15) is 5.75 Å². The van der Waals surface area contributed by atoms with E-state index in [0.717, 1.165) is 10.7 Å². The number of para-hydroxylation sites is 1. The van der Waals surface area contributed by atoms with Gasteiger partial charge < -0.3 is 9.84 Å². The first-order valence-electron chi connectivity index (χ1n) is 4.64. The van der Waals surface area contributed by atoms with Crippen molar-refractivity contribution in [1.82, 2.24) is 9.97 Å². The van der Waals surface area contributed by atoms with Crippen molar-refractivity contribution in [3.8, 4) is 11.6 Å². The molecule has 17 heavy (non-hydrogen) atoms. The van der Waals surface area contributed by atoms with Gasteiger partial charge in [0.15, 0.2) is 5.69 Å². The predicted molar refractivity (Wildman–Crippen MR) is 63.2 cm³/mol. The highest BCUT2D eigenvalue weighted by molar-refractivity contribution is 9.10. The molecule has 0 radical (unpaired) electrons. The zero-order valence-electron chi connectivity index (χ0n) is 8.50. The topological polar surface area (TPSA) is 72.3 Å². The lowest BCUT2D eigenvalue weighted by Gasteiger charge is -2.06. The first-order chi connectivity index (χ1) is 8.16. The third kappa shape index (κ3) is 2.79. The highest BCUT2D eigenvalue weighted by atomic mass is 79.9. The molecule has 1 aromatic carbocycles. The Morgan fingerprint density at radius 1 is 1.29 bits per heavy atom. The molecule has 0 saturated heterocycles. The number of ether oxygens (including phenoxy) is 1. The number of hydrogen-bond donors (Lipinski definition) is 1. The van der Waals surface area contributed by atoms with Crippen LogP contribution in [0.15, 0.2) is 41.1 Å². The average molecular weight is 295 g/mol. The Balaban J connectivity index is 2.28. The van der Waals surface area contributed by atoms with Crippen LogP contribution in [0.4, 0.5) is 0 Å². The van der Waals surface area contributed by atoms with E-state index >= 15 is 0 Å². The summed E-state index contributed by atoms with van der Waals surface area (Å²) in [5.74, 6) is -0.462. The maximum atomic E-state index is 10.7. The van der Waals surface area contributed by atoms with Crippen LogP contribution < -0.4 is 4.74 Å². The summed E-state index contributed by atoms with van der Waals surface area (Å²) in [5, 5.41) is 8.76. The fourth-order valence-corrected chi connectivity index (χ4v) is 1.51. The molecule has 1 N–H and O–H groups in total. The van der Waals surface area contributed by atoms with Crippen molar-refractivity contribution in [3.63, 3.8) is 0 Å². The number of rotatable bonds is 3. The van der Waals surface area contributed by atoms with Gasteiger partial charge >= 0.3 is 5.97 Å². The largest absolute Gasteiger partial charge is 0.476 e. The van der Waals surface area contributed by atoms with E-state index in [0.29, 0.717) is 5.75 Å². The number of benzene rings is 1. The van der Waals surface area contributed by atoms with Crippen molar-refractivity contribution in [1.29, 1.82) is 0 Å². The third-order valence-corrected chi connectivity index (χ3v) is 2.54. The molecule has 0 aliphatic carbocycles. The third-order valence-electron chi connectivity index (χ3n) is 1.88. The molecule has 0 unspecified atom stereocenters. The van der Waals surface area contributed by atoms with E-state index < -0.39 is 5.97 Å². The fraction of sp³-hybridized carbons (Fsp3) is 0. The van der Waals surface area contributed by atoms with Crippen molar-refractivity contribution < 1.29 is 14.6 Å². The van der Waals surface area contributed by atoms with Gasteiger partial charge in [0.25, 0.3) is 0 Å². The molecule has 1 aromatic heterocycles. The minimum Gasteiger partial charge on any atom is -0.476 e. The van der Waals surface area contributed by atoms with Crippen molar-refractivity contribution >= 4 is 21.9 Å². The Morgan fingerprint density at radius 3 is 2.76 bits per heavy atom. The summed E-state index contributed by atoms with van der Waals surface area (Å²) in [5.41, 5.74) is -0.158. The molecule has 2 rings (SSSR count). The van der Waals surface area contributed by atoms with E-state index in [1.54, 1.807) is 12.1 Å². The van der Waals surface area contributed by atoms with Crippen LogP contribution in [0.25, 0.3) is 0 Å². The van der Waals surface area contributed by atoms with Crippen molar-refractivity contribution in [2.24, 2.45) is 0 Å². The number of aromatic nitrogens is 2. The lowest BCUT2D eigenvalue weighted by molar-refractivity contribution is 0.0689. The van der Waals surface area contributed by atoms with Crippen LogP contribution >= 0.6 is 15.9 Å². The van der Waals surface area contributed by atoms with E-state index in [4.69, 9.17) is 9.84 Å². The zero-order chi connectivity index (χ0) is 12.3. The standard InChI is InChI=1S/C11H7BrN2O3/c12-7-3-1-2-4-9(7)17-10-6-13-5-8(14-10)11(15)16/h1-6H,(H,15,16). The first-order valence-corrected chi connectivity index (χ1v) is 5.44. The first kappa shape index (κ1) is 11.5. The summed E-state index contributed by atoms with van der Waals surface area (Å²) in [6, 6.07) is 7.19. The van der Waals surface area contributed by atoms with Crippen LogP contribution in [0.3, 0.4) is 0 Å².